The van der Waals surface area contributed by atoms with Gasteiger partial charge in [0.05, 0.1) is 4.92 Å². The molecular weight excluding hydrogens is 322 g/mol. The Hall–Kier alpha value is -2.96. The maximum absolute atomic E-state index is 12.4. The summed E-state index contributed by atoms with van der Waals surface area (Å²) in [5.74, 6) is 0.0707. The molecule has 0 atom stereocenters. The van der Waals surface area contributed by atoms with Crippen molar-refractivity contribution >= 4 is 11.6 Å². The molecule has 1 amide bonds. The van der Waals surface area contributed by atoms with Crippen LogP contribution in [-0.2, 0) is 6.54 Å². The van der Waals surface area contributed by atoms with Crippen molar-refractivity contribution in [3.63, 3.8) is 0 Å². The highest BCUT2D eigenvalue weighted by molar-refractivity contribution is 5.99. The number of aromatic nitrogens is 1. The molecule has 0 spiro atoms. The Morgan fingerprint density at radius 1 is 1.40 bits per heavy atom. The molecular formula is C18H19N3O4. The van der Waals surface area contributed by atoms with Crippen LogP contribution in [0, 0.1) is 17.0 Å². The first kappa shape index (κ1) is 16.9. The highest BCUT2D eigenvalue weighted by atomic mass is 16.6. The minimum Gasteiger partial charge on any atom is -0.474 e. The summed E-state index contributed by atoms with van der Waals surface area (Å²) in [4.78, 5) is 27.2. The zero-order valence-electron chi connectivity index (χ0n) is 13.9. The molecule has 25 heavy (non-hydrogen) atoms. The van der Waals surface area contributed by atoms with Crippen LogP contribution in [0.1, 0.15) is 40.7 Å². The van der Waals surface area contributed by atoms with Crippen LogP contribution in [0.25, 0.3) is 0 Å². The third kappa shape index (κ3) is 3.93. The number of nitro groups is 1. The quantitative estimate of drug-likeness (QED) is 0.643. The molecule has 7 heteroatoms. The van der Waals surface area contributed by atoms with E-state index in [9.17, 15) is 14.9 Å². The van der Waals surface area contributed by atoms with Gasteiger partial charge in [0, 0.05) is 24.9 Å². The number of pyridine rings is 1. The van der Waals surface area contributed by atoms with Crippen molar-refractivity contribution in [3.8, 4) is 5.88 Å². The van der Waals surface area contributed by atoms with Crippen LogP contribution in [0.3, 0.4) is 0 Å². The molecule has 1 aromatic heterocycles. The van der Waals surface area contributed by atoms with Crippen molar-refractivity contribution in [3.05, 3.63) is 63.3 Å². The number of benzene rings is 1. The van der Waals surface area contributed by atoms with E-state index in [0.717, 1.165) is 18.4 Å². The van der Waals surface area contributed by atoms with Crippen molar-refractivity contribution in [2.75, 3.05) is 0 Å². The van der Waals surface area contributed by atoms with Gasteiger partial charge < -0.3 is 10.1 Å². The molecule has 0 unspecified atom stereocenters. The minimum absolute atomic E-state index is 0.0903. The van der Waals surface area contributed by atoms with Gasteiger partial charge in [-0.15, -0.1) is 0 Å². The Kier molecular flexibility index (Phi) is 4.92. The molecule has 0 bridgehead atoms. The largest absolute Gasteiger partial charge is 0.474 e. The van der Waals surface area contributed by atoms with Crippen molar-refractivity contribution in [1.29, 1.82) is 0 Å². The van der Waals surface area contributed by atoms with Gasteiger partial charge in [-0.2, -0.15) is 0 Å². The van der Waals surface area contributed by atoms with Crippen LogP contribution in [-0.4, -0.2) is 21.9 Å². The molecule has 1 saturated carbocycles. The molecule has 1 aliphatic rings. The summed E-state index contributed by atoms with van der Waals surface area (Å²) in [6, 6.07) is 8.14. The smallest absolute Gasteiger partial charge is 0.282 e. The summed E-state index contributed by atoms with van der Waals surface area (Å²) in [5, 5.41) is 13.9. The van der Waals surface area contributed by atoms with Gasteiger partial charge in [0.2, 0.25) is 5.88 Å². The van der Waals surface area contributed by atoms with E-state index in [1.165, 1.54) is 12.5 Å². The van der Waals surface area contributed by atoms with Crippen LogP contribution >= 0.6 is 0 Å². The van der Waals surface area contributed by atoms with E-state index in [1.807, 2.05) is 0 Å². The lowest BCUT2D eigenvalue weighted by atomic mass is 9.96. The third-order valence-electron chi connectivity index (χ3n) is 4.27. The maximum atomic E-state index is 12.4. The standard InChI is InChI=1S/C18H19N3O4/c1-12-4-2-7-15(21(23)24)17(12)18(22)20-11-13-8-9-19-16(10-13)25-14-5-3-6-14/h2,4,7-10,14H,3,5-6,11H2,1H3,(H,20,22). The predicted octanol–water partition coefficient (Wildman–Crippen LogP) is 3.16. The summed E-state index contributed by atoms with van der Waals surface area (Å²) < 4.78 is 5.74. The maximum Gasteiger partial charge on any atom is 0.282 e. The highest BCUT2D eigenvalue weighted by Gasteiger charge is 2.22. The minimum atomic E-state index is -0.543. The lowest BCUT2D eigenvalue weighted by molar-refractivity contribution is -0.385. The Balaban J connectivity index is 1.68. The molecule has 0 aliphatic heterocycles. The van der Waals surface area contributed by atoms with Crippen molar-refractivity contribution in [1.82, 2.24) is 10.3 Å². The normalized spacial score (nSPS) is 13.8. The fraction of sp³-hybridized carbons (Fsp3) is 0.333. The fourth-order valence-corrected chi connectivity index (χ4v) is 2.65. The van der Waals surface area contributed by atoms with E-state index in [-0.39, 0.29) is 23.9 Å². The Morgan fingerprint density at radius 3 is 2.88 bits per heavy atom. The number of hydrogen-bond donors (Lipinski definition) is 1. The molecule has 1 fully saturated rings. The molecule has 1 aromatic carbocycles. The van der Waals surface area contributed by atoms with Crippen molar-refractivity contribution < 1.29 is 14.5 Å². The monoisotopic (exact) mass is 341 g/mol. The number of nitro benzene ring substituents is 1. The van der Waals surface area contributed by atoms with Crippen LogP contribution < -0.4 is 10.1 Å². The molecule has 2 aromatic rings. The van der Waals surface area contributed by atoms with E-state index in [4.69, 9.17) is 4.74 Å². The van der Waals surface area contributed by atoms with E-state index in [0.29, 0.717) is 11.4 Å². The van der Waals surface area contributed by atoms with Gasteiger partial charge in [-0.25, -0.2) is 4.98 Å². The molecule has 1 heterocycles. The second-order valence-corrected chi connectivity index (χ2v) is 6.08. The SMILES string of the molecule is Cc1cccc([N+](=O)[O-])c1C(=O)NCc1ccnc(OC2CCC2)c1. The predicted molar refractivity (Wildman–Crippen MR) is 91.5 cm³/mol. The molecule has 3 rings (SSSR count). The van der Waals surface area contributed by atoms with Crippen molar-refractivity contribution in [2.24, 2.45) is 0 Å². The lowest BCUT2D eigenvalue weighted by Gasteiger charge is -2.25. The van der Waals surface area contributed by atoms with Gasteiger partial charge in [-0.05, 0) is 43.4 Å². The summed E-state index contributed by atoms with van der Waals surface area (Å²) in [6.45, 7) is 1.92. The average molecular weight is 341 g/mol. The van der Waals surface area contributed by atoms with Gasteiger partial charge in [-0.1, -0.05) is 12.1 Å². The summed E-state index contributed by atoms with van der Waals surface area (Å²) >= 11 is 0. The lowest BCUT2D eigenvalue weighted by Crippen LogP contribution is -2.26. The van der Waals surface area contributed by atoms with Crippen LogP contribution in [0.2, 0.25) is 0 Å². The van der Waals surface area contributed by atoms with Gasteiger partial charge in [0.15, 0.2) is 0 Å². The summed E-state index contributed by atoms with van der Waals surface area (Å²) in [5.41, 5.74) is 1.29. The summed E-state index contributed by atoms with van der Waals surface area (Å²) in [7, 11) is 0. The van der Waals surface area contributed by atoms with Crippen molar-refractivity contribution in [2.45, 2.75) is 38.8 Å². The molecule has 0 saturated heterocycles. The first-order valence-corrected chi connectivity index (χ1v) is 8.18. The first-order chi connectivity index (χ1) is 12.0. The Labute approximate surface area is 145 Å². The zero-order chi connectivity index (χ0) is 17.8. The Morgan fingerprint density at radius 2 is 2.20 bits per heavy atom. The van der Waals surface area contributed by atoms with Crippen LogP contribution in [0.15, 0.2) is 36.5 Å². The third-order valence-corrected chi connectivity index (χ3v) is 4.27. The number of rotatable bonds is 6. The molecule has 7 nitrogen and oxygen atoms in total. The molecule has 1 aliphatic carbocycles. The van der Waals surface area contributed by atoms with E-state index in [2.05, 4.69) is 10.3 Å². The number of carbonyl (C=O) groups is 1. The topological polar surface area (TPSA) is 94.4 Å². The van der Waals surface area contributed by atoms with Gasteiger partial charge in [-0.3, -0.25) is 14.9 Å². The molecule has 1 N–H and O–H groups in total. The number of nitrogens with zero attached hydrogens (tertiary/aromatic N) is 2. The first-order valence-electron chi connectivity index (χ1n) is 8.18. The van der Waals surface area contributed by atoms with E-state index in [1.54, 1.807) is 37.4 Å². The fourth-order valence-electron chi connectivity index (χ4n) is 2.65. The van der Waals surface area contributed by atoms with E-state index >= 15 is 0 Å². The van der Waals surface area contributed by atoms with E-state index < -0.39 is 10.8 Å². The number of nitrogens with one attached hydrogen (secondary N) is 1. The number of carbonyl (C=O) groups excluding carboxylic acids is 1. The number of amides is 1. The molecule has 0 radical (unpaired) electrons. The Bertz CT molecular complexity index is 803. The van der Waals surface area contributed by atoms with Gasteiger partial charge >= 0.3 is 0 Å². The second-order valence-electron chi connectivity index (χ2n) is 6.08. The van der Waals surface area contributed by atoms with Crippen LogP contribution in [0.5, 0.6) is 5.88 Å². The average Bonchev–Trinajstić information content (AvgIpc) is 2.56. The summed E-state index contributed by atoms with van der Waals surface area (Å²) in [6.07, 6.45) is 5.12. The number of hydrogen-bond acceptors (Lipinski definition) is 5. The highest BCUT2D eigenvalue weighted by Crippen LogP contribution is 2.24. The molecule has 130 valence electrons. The van der Waals surface area contributed by atoms with Crippen LogP contribution in [0.4, 0.5) is 5.69 Å². The zero-order valence-corrected chi connectivity index (χ0v) is 13.9. The van der Waals surface area contributed by atoms with Gasteiger partial charge in [0.25, 0.3) is 11.6 Å². The second kappa shape index (κ2) is 7.29. The van der Waals surface area contributed by atoms with Gasteiger partial charge in [0.1, 0.15) is 11.7 Å². The number of aryl methyl sites for hydroxylation is 1. The number of ether oxygens (including phenoxy) is 1.